The van der Waals surface area contributed by atoms with Crippen molar-refractivity contribution in [3.63, 3.8) is 0 Å². The summed E-state index contributed by atoms with van der Waals surface area (Å²) in [5.74, 6) is -1.12. The van der Waals surface area contributed by atoms with Gasteiger partial charge >= 0.3 is 5.97 Å². The highest BCUT2D eigenvalue weighted by Crippen LogP contribution is 2.42. The summed E-state index contributed by atoms with van der Waals surface area (Å²) in [6, 6.07) is 1.46. The number of benzene rings is 1. The minimum Gasteiger partial charge on any atom is -0.486 e. The number of carboxylic acids is 1. The maximum atomic E-state index is 14.1. The molecule has 19 heavy (non-hydrogen) atoms. The van der Waals surface area contributed by atoms with Gasteiger partial charge in [-0.05, 0) is 31.9 Å². The van der Waals surface area contributed by atoms with Crippen LogP contribution in [0.2, 0.25) is 5.02 Å². The van der Waals surface area contributed by atoms with Crippen LogP contribution >= 0.6 is 11.6 Å². The third kappa shape index (κ3) is 2.61. The van der Waals surface area contributed by atoms with E-state index in [1.54, 1.807) is 0 Å². The zero-order valence-electron chi connectivity index (χ0n) is 10.6. The smallest absolute Gasteiger partial charge is 0.309 e. The van der Waals surface area contributed by atoms with Gasteiger partial charge in [0.25, 0.3) is 0 Å². The number of carboxylic acid groups (broad SMARTS) is 1. The van der Waals surface area contributed by atoms with Crippen LogP contribution in [0.25, 0.3) is 0 Å². The highest BCUT2D eigenvalue weighted by molar-refractivity contribution is 6.32. The third-order valence-electron chi connectivity index (χ3n) is 3.00. The quantitative estimate of drug-likeness (QED) is 0.929. The van der Waals surface area contributed by atoms with Crippen LogP contribution in [0.5, 0.6) is 11.5 Å². The molecule has 0 atom stereocenters. The molecule has 0 amide bonds. The number of ether oxygens (including phenoxy) is 2. The number of hydrogen-bond acceptors (Lipinski definition) is 3. The van der Waals surface area contributed by atoms with Crippen LogP contribution in [0.4, 0.5) is 4.39 Å². The van der Waals surface area contributed by atoms with E-state index in [2.05, 4.69) is 0 Å². The Morgan fingerprint density at radius 2 is 2.11 bits per heavy atom. The molecular formula is C13H14ClFO4. The third-order valence-corrected chi connectivity index (χ3v) is 3.34. The van der Waals surface area contributed by atoms with Crippen LogP contribution in [-0.4, -0.2) is 24.3 Å². The molecular weight excluding hydrogens is 275 g/mol. The standard InChI is InChI=1S/C13H14ClFO4/c1-13(2,12(16)17)6-7-5-8-11(9(14)10(7)15)19-4-3-18-8/h5H,3-4,6H2,1-2H3,(H,16,17). The fourth-order valence-electron chi connectivity index (χ4n) is 1.85. The summed E-state index contributed by atoms with van der Waals surface area (Å²) in [5.41, 5.74) is -0.879. The molecule has 0 spiro atoms. The topological polar surface area (TPSA) is 55.8 Å². The average Bonchev–Trinajstić information content (AvgIpc) is 2.35. The predicted octanol–water partition coefficient (Wildman–Crippen LogP) is 2.90. The van der Waals surface area contributed by atoms with Gasteiger partial charge in [-0.2, -0.15) is 0 Å². The number of carbonyl (C=O) groups is 1. The molecule has 1 aromatic rings. The maximum Gasteiger partial charge on any atom is 0.309 e. The fourth-order valence-corrected chi connectivity index (χ4v) is 2.12. The molecule has 4 nitrogen and oxygen atoms in total. The van der Waals surface area contributed by atoms with Gasteiger partial charge in [0.2, 0.25) is 0 Å². The number of halogens is 2. The van der Waals surface area contributed by atoms with Crippen molar-refractivity contribution >= 4 is 17.6 Å². The van der Waals surface area contributed by atoms with Gasteiger partial charge < -0.3 is 14.6 Å². The SMILES string of the molecule is CC(C)(Cc1cc2c(c(Cl)c1F)OCCO2)C(=O)O. The van der Waals surface area contributed by atoms with Crippen LogP contribution in [0, 0.1) is 11.2 Å². The van der Waals surface area contributed by atoms with E-state index in [4.69, 9.17) is 26.2 Å². The Morgan fingerprint density at radius 1 is 1.47 bits per heavy atom. The van der Waals surface area contributed by atoms with Crippen molar-refractivity contribution in [2.45, 2.75) is 20.3 Å². The Labute approximate surface area is 115 Å². The van der Waals surface area contributed by atoms with Crippen molar-refractivity contribution in [2.24, 2.45) is 5.41 Å². The summed E-state index contributed by atoms with van der Waals surface area (Å²) < 4.78 is 24.7. The number of aliphatic carboxylic acids is 1. The van der Waals surface area contributed by atoms with Crippen molar-refractivity contribution in [3.8, 4) is 11.5 Å². The highest BCUT2D eigenvalue weighted by Gasteiger charge is 2.31. The molecule has 1 heterocycles. The van der Waals surface area contributed by atoms with E-state index in [1.807, 2.05) is 0 Å². The molecule has 0 saturated heterocycles. The van der Waals surface area contributed by atoms with Crippen molar-refractivity contribution in [2.75, 3.05) is 13.2 Å². The first kappa shape index (κ1) is 13.9. The molecule has 0 aromatic heterocycles. The Bertz CT molecular complexity index is 528. The van der Waals surface area contributed by atoms with Gasteiger partial charge in [0.1, 0.15) is 24.1 Å². The van der Waals surface area contributed by atoms with Gasteiger partial charge in [0, 0.05) is 0 Å². The van der Waals surface area contributed by atoms with Crippen molar-refractivity contribution < 1.29 is 23.8 Å². The normalized spacial score (nSPS) is 14.3. The van der Waals surface area contributed by atoms with Crippen LogP contribution in [-0.2, 0) is 11.2 Å². The van der Waals surface area contributed by atoms with Crippen LogP contribution in [0.15, 0.2) is 6.07 Å². The van der Waals surface area contributed by atoms with E-state index in [0.717, 1.165) is 0 Å². The summed E-state index contributed by atoms with van der Waals surface area (Å²) in [6.07, 6.45) is 0.0184. The summed E-state index contributed by atoms with van der Waals surface area (Å²) >= 11 is 5.90. The minimum atomic E-state index is -1.09. The molecule has 0 radical (unpaired) electrons. The lowest BCUT2D eigenvalue weighted by Crippen LogP contribution is -2.27. The first-order chi connectivity index (χ1) is 8.83. The van der Waals surface area contributed by atoms with Crippen LogP contribution in [0.1, 0.15) is 19.4 Å². The lowest BCUT2D eigenvalue weighted by atomic mass is 9.85. The van der Waals surface area contributed by atoms with Gasteiger partial charge in [0.05, 0.1) is 5.41 Å². The van der Waals surface area contributed by atoms with Gasteiger partial charge in [-0.1, -0.05) is 11.6 Å². The number of fused-ring (bicyclic) bond motifs is 1. The molecule has 1 aliphatic rings. The summed E-state index contributed by atoms with van der Waals surface area (Å²) in [6.45, 7) is 3.72. The maximum absolute atomic E-state index is 14.1. The number of hydrogen-bond donors (Lipinski definition) is 1. The molecule has 0 unspecified atom stereocenters. The van der Waals surface area contributed by atoms with Gasteiger partial charge in [-0.25, -0.2) is 4.39 Å². The molecule has 0 bridgehead atoms. The second-order valence-corrected chi connectivity index (χ2v) is 5.43. The first-order valence-corrected chi connectivity index (χ1v) is 6.20. The second-order valence-electron chi connectivity index (χ2n) is 5.05. The largest absolute Gasteiger partial charge is 0.486 e. The Balaban J connectivity index is 2.42. The molecule has 1 N–H and O–H groups in total. The van der Waals surface area contributed by atoms with E-state index in [0.29, 0.717) is 19.0 Å². The predicted molar refractivity (Wildman–Crippen MR) is 67.5 cm³/mol. The zero-order chi connectivity index (χ0) is 14.2. The molecule has 2 rings (SSSR count). The molecule has 0 saturated carbocycles. The Morgan fingerprint density at radius 3 is 2.74 bits per heavy atom. The summed E-state index contributed by atoms with van der Waals surface area (Å²) in [5, 5.41) is 8.93. The number of rotatable bonds is 3. The van der Waals surface area contributed by atoms with Gasteiger partial charge in [-0.15, -0.1) is 0 Å². The minimum absolute atomic E-state index is 0.0184. The monoisotopic (exact) mass is 288 g/mol. The van der Waals surface area contributed by atoms with Crippen molar-refractivity contribution in [1.29, 1.82) is 0 Å². The molecule has 104 valence electrons. The zero-order valence-corrected chi connectivity index (χ0v) is 11.4. The highest BCUT2D eigenvalue weighted by atomic mass is 35.5. The van der Waals surface area contributed by atoms with E-state index >= 15 is 0 Å². The van der Waals surface area contributed by atoms with Crippen molar-refractivity contribution in [3.05, 3.63) is 22.5 Å². The van der Waals surface area contributed by atoms with Crippen molar-refractivity contribution in [1.82, 2.24) is 0 Å². The van der Waals surface area contributed by atoms with E-state index in [-0.39, 0.29) is 22.8 Å². The van der Waals surface area contributed by atoms with E-state index < -0.39 is 17.2 Å². The first-order valence-electron chi connectivity index (χ1n) is 5.83. The molecule has 6 heteroatoms. The van der Waals surface area contributed by atoms with Crippen LogP contribution < -0.4 is 9.47 Å². The summed E-state index contributed by atoms with van der Waals surface area (Å²) in [7, 11) is 0. The van der Waals surface area contributed by atoms with E-state index in [9.17, 15) is 9.18 Å². The Hall–Kier alpha value is -1.49. The molecule has 1 aromatic carbocycles. The Kier molecular flexibility index (Phi) is 3.58. The van der Waals surface area contributed by atoms with Crippen LogP contribution in [0.3, 0.4) is 0 Å². The second kappa shape index (κ2) is 4.89. The summed E-state index contributed by atoms with van der Waals surface area (Å²) in [4.78, 5) is 11.1. The molecule has 0 aliphatic carbocycles. The molecule has 1 aliphatic heterocycles. The molecule has 0 fully saturated rings. The fraction of sp³-hybridized carbons (Fsp3) is 0.462. The van der Waals surface area contributed by atoms with Gasteiger partial charge in [0.15, 0.2) is 11.5 Å². The lowest BCUT2D eigenvalue weighted by molar-refractivity contribution is -0.146. The average molecular weight is 289 g/mol. The van der Waals surface area contributed by atoms with E-state index in [1.165, 1.54) is 19.9 Å². The lowest BCUT2D eigenvalue weighted by Gasteiger charge is -2.23. The van der Waals surface area contributed by atoms with Gasteiger partial charge in [-0.3, -0.25) is 4.79 Å².